The molecule has 1 saturated heterocycles. The average Bonchev–Trinajstić information content (AvgIpc) is 2.98. The molecule has 7 heteroatoms. The standard InChI is InChI=1S/C14H24N2O4S/c1-11(2)8-15-9-12-4-5-13(20-12)21(17,18)16-14(3)6-7-19-10-14/h4-5,11,15-16H,6-10H2,1-3H3. The summed E-state index contributed by atoms with van der Waals surface area (Å²) in [6, 6.07) is 3.18. The van der Waals surface area contributed by atoms with Gasteiger partial charge in [0.1, 0.15) is 5.76 Å². The lowest BCUT2D eigenvalue weighted by molar-refractivity contribution is 0.178. The zero-order valence-electron chi connectivity index (χ0n) is 12.8. The second kappa shape index (κ2) is 6.48. The van der Waals surface area contributed by atoms with E-state index in [2.05, 4.69) is 23.9 Å². The van der Waals surface area contributed by atoms with E-state index in [4.69, 9.17) is 9.15 Å². The summed E-state index contributed by atoms with van der Waals surface area (Å²) >= 11 is 0. The molecule has 2 rings (SSSR count). The normalized spacial score (nSPS) is 23.0. The summed E-state index contributed by atoms with van der Waals surface area (Å²) in [7, 11) is -3.65. The van der Waals surface area contributed by atoms with Crippen molar-refractivity contribution >= 4 is 10.0 Å². The van der Waals surface area contributed by atoms with Gasteiger partial charge in [0.05, 0.1) is 18.7 Å². The molecule has 0 amide bonds. The van der Waals surface area contributed by atoms with Gasteiger partial charge in [-0.2, -0.15) is 0 Å². The van der Waals surface area contributed by atoms with Crippen molar-refractivity contribution in [2.24, 2.45) is 5.92 Å². The Bertz CT molecular complexity index is 559. The fourth-order valence-electron chi connectivity index (χ4n) is 2.20. The number of hydrogen-bond acceptors (Lipinski definition) is 5. The Hall–Kier alpha value is -0.890. The minimum atomic E-state index is -3.65. The Morgan fingerprint density at radius 2 is 2.14 bits per heavy atom. The van der Waals surface area contributed by atoms with Crippen molar-refractivity contribution in [3.05, 3.63) is 17.9 Å². The Kier molecular flexibility index (Phi) is 5.08. The Balaban J connectivity index is 1.99. The fourth-order valence-corrected chi connectivity index (χ4v) is 3.58. The molecule has 2 N–H and O–H groups in total. The first-order valence-corrected chi connectivity index (χ1v) is 8.70. The van der Waals surface area contributed by atoms with E-state index in [1.54, 1.807) is 6.07 Å². The van der Waals surface area contributed by atoms with Crippen LogP contribution in [-0.2, 0) is 21.3 Å². The van der Waals surface area contributed by atoms with Gasteiger partial charge in [-0.05, 0) is 37.9 Å². The van der Waals surface area contributed by atoms with Crippen LogP contribution in [-0.4, -0.2) is 33.7 Å². The fraction of sp³-hybridized carbons (Fsp3) is 0.714. The molecule has 21 heavy (non-hydrogen) atoms. The molecule has 120 valence electrons. The van der Waals surface area contributed by atoms with E-state index in [1.807, 2.05) is 6.92 Å². The lowest BCUT2D eigenvalue weighted by Gasteiger charge is -2.22. The van der Waals surface area contributed by atoms with E-state index in [0.29, 0.717) is 37.9 Å². The third-order valence-electron chi connectivity index (χ3n) is 3.35. The summed E-state index contributed by atoms with van der Waals surface area (Å²) < 4.78 is 38.0. The van der Waals surface area contributed by atoms with Gasteiger partial charge < -0.3 is 14.5 Å². The second-order valence-electron chi connectivity index (χ2n) is 6.21. The molecular formula is C14H24N2O4S. The van der Waals surface area contributed by atoms with Crippen LogP contribution in [0.3, 0.4) is 0 Å². The molecule has 1 aliphatic rings. The zero-order chi connectivity index (χ0) is 15.5. The van der Waals surface area contributed by atoms with Crippen LogP contribution >= 0.6 is 0 Å². The molecule has 1 aromatic heterocycles. The zero-order valence-corrected chi connectivity index (χ0v) is 13.6. The number of rotatable bonds is 7. The summed E-state index contributed by atoms with van der Waals surface area (Å²) in [5, 5.41) is 3.17. The smallest absolute Gasteiger partial charge is 0.274 e. The molecule has 0 spiro atoms. The van der Waals surface area contributed by atoms with Gasteiger partial charge in [-0.15, -0.1) is 0 Å². The van der Waals surface area contributed by atoms with E-state index in [-0.39, 0.29) is 5.09 Å². The minimum Gasteiger partial charge on any atom is -0.447 e. The van der Waals surface area contributed by atoms with Crippen LogP contribution in [0.5, 0.6) is 0 Å². The van der Waals surface area contributed by atoms with Gasteiger partial charge in [0.2, 0.25) is 5.09 Å². The number of hydrogen-bond donors (Lipinski definition) is 2. The molecule has 0 bridgehead atoms. The van der Waals surface area contributed by atoms with Crippen LogP contribution < -0.4 is 10.0 Å². The van der Waals surface area contributed by atoms with Gasteiger partial charge in [0, 0.05) is 6.61 Å². The highest BCUT2D eigenvalue weighted by Crippen LogP contribution is 2.22. The molecule has 1 fully saturated rings. The van der Waals surface area contributed by atoms with Gasteiger partial charge >= 0.3 is 0 Å². The van der Waals surface area contributed by atoms with Gasteiger partial charge in [-0.1, -0.05) is 13.8 Å². The maximum Gasteiger partial charge on any atom is 0.274 e. The first-order valence-electron chi connectivity index (χ1n) is 7.22. The molecule has 1 unspecified atom stereocenters. The van der Waals surface area contributed by atoms with Crippen LogP contribution in [0.1, 0.15) is 33.0 Å². The third-order valence-corrected chi connectivity index (χ3v) is 4.86. The predicted octanol–water partition coefficient (Wildman–Crippen LogP) is 1.48. The monoisotopic (exact) mass is 316 g/mol. The number of sulfonamides is 1. The van der Waals surface area contributed by atoms with Gasteiger partial charge in [0.25, 0.3) is 10.0 Å². The lowest BCUT2D eigenvalue weighted by Crippen LogP contribution is -2.46. The van der Waals surface area contributed by atoms with Gasteiger partial charge in [0.15, 0.2) is 0 Å². The molecule has 0 saturated carbocycles. The Labute approximate surface area is 126 Å². The number of nitrogens with one attached hydrogen (secondary N) is 2. The van der Waals surface area contributed by atoms with Crippen molar-refractivity contribution in [2.75, 3.05) is 19.8 Å². The highest BCUT2D eigenvalue weighted by molar-refractivity contribution is 7.89. The molecule has 0 aliphatic carbocycles. The van der Waals surface area contributed by atoms with Gasteiger partial charge in [-0.3, -0.25) is 0 Å². The SMILES string of the molecule is CC(C)CNCc1ccc(S(=O)(=O)NC2(C)CCOC2)o1. The quantitative estimate of drug-likeness (QED) is 0.796. The lowest BCUT2D eigenvalue weighted by atomic mass is 10.0. The summed E-state index contributed by atoms with van der Waals surface area (Å²) in [6.07, 6.45) is 0.662. The van der Waals surface area contributed by atoms with Crippen LogP contribution in [0.2, 0.25) is 0 Å². The van der Waals surface area contributed by atoms with Crippen LogP contribution in [0.15, 0.2) is 21.6 Å². The van der Waals surface area contributed by atoms with Crippen LogP contribution in [0, 0.1) is 5.92 Å². The van der Waals surface area contributed by atoms with Crippen molar-refractivity contribution in [3.63, 3.8) is 0 Å². The highest BCUT2D eigenvalue weighted by atomic mass is 32.2. The van der Waals surface area contributed by atoms with Crippen molar-refractivity contribution in [1.82, 2.24) is 10.0 Å². The molecule has 1 aromatic rings. The van der Waals surface area contributed by atoms with E-state index in [1.165, 1.54) is 6.07 Å². The molecule has 0 aromatic carbocycles. The van der Waals surface area contributed by atoms with Crippen molar-refractivity contribution < 1.29 is 17.6 Å². The average molecular weight is 316 g/mol. The van der Waals surface area contributed by atoms with E-state index >= 15 is 0 Å². The number of ether oxygens (including phenoxy) is 1. The maximum absolute atomic E-state index is 12.3. The minimum absolute atomic E-state index is 0.0445. The molecular weight excluding hydrogens is 292 g/mol. The van der Waals surface area contributed by atoms with E-state index in [9.17, 15) is 8.42 Å². The number of furan rings is 1. The molecule has 1 atom stereocenters. The van der Waals surface area contributed by atoms with Crippen LogP contribution in [0.4, 0.5) is 0 Å². The Morgan fingerprint density at radius 3 is 2.76 bits per heavy atom. The first-order chi connectivity index (χ1) is 9.81. The van der Waals surface area contributed by atoms with E-state index < -0.39 is 15.6 Å². The highest BCUT2D eigenvalue weighted by Gasteiger charge is 2.35. The van der Waals surface area contributed by atoms with Crippen molar-refractivity contribution in [2.45, 2.75) is 44.4 Å². The Morgan fingerprint density at radius 1 is 1.38 bits per heavy atom. The maximum atomic E-state index is 12.3. The summed E-state index contributed by atoms with van der Waals surface area (Å²) in [6.45, 7) is 8.39. The predicted molar refractivity (Wildman–Crippen MR) is 79.4 cm³/mol. The summed E-state index contributed by atoms with van der Waals surface area (Å²) in [5.41, 5.74) is -0.554. The second-order valence-corrected chi connectivity index (χ2v) is 7.83. The topological polar surface area (TPSA) is 80.6 Å². The largest absolute Gasteiger partial charge is 0.447 e. The van der Waals surface area contributed by atoms with Crippen molar-refractivity contribution in [3.8, 4) is 0 Å². The molecule has 1 aliphatic heterocycles. The summed E-state index contributed by atoms with van der Waals surface area (Å²) in [4.78, 5) is 0. The van der Waals surface area contributed by atoms with Gasteiger partial charge in [-0.25, -0.2) is 13.1 Å². The molecule has 0 radical (unpaired) electrons. The molecule has 6 nitrogen and oxygen atoms in total. The van der Waals surface area contributed by atoms with Crippen molar-refractivity contribution in [1.29, 1.82) is 0 Å². The molecule has 2 heterocycles. The first kappa shape index (κ1) is 16.5. The van der Waals surface area contributed by atoms with E-state index in [0.717, 1.165) is 6.54 Å². The third kappa shape index (κ3) is 4.54. The summed E-state index contributed by atoms with van der Waals surface area (Å²) in [5.74, 6) is 1.15. The van der Waals surface area contributed by atoms with Crippen LogP contribution in [0.25, 0.3) is 0 Å².